The lowest BCUT2D eigenvalue weighted by molar-refractivity contribution is 0.0709. The molecule has 2 aromatic rings. The Hall–Kier alpha value is -2.01. The molecule has 1 heterocycles. The second-order valence-electron chi connectivity index (χ2n) is 5.41. The normalized spacial score (nSPS) is 21.6. The Kier molecular flexibility index (Phi) is 3.84. The van der Waals surface area contributed by atoms with E-state index in [1.807, 2.05) is 29.1 Å². The SMILES string of the molecule is COc1c(N)cccc1-c1cnn([C@H]2CCC[C@@H]2OC)c1. The van der Waals surface area contributed by atoms with E-state index in [0.29, 0.717) is 17.5 Å². The van der Waals surface area contributed by atoms with Crippen molar-refractivity contribution in [2.24, 2.45) is 0 Å². The van der Waals surface area contributed by atoms with Crippen molar-refractivity contribution < 1.29 is 9.47 Å². The summed E-state index contributed by atoms with van der Waals surface area (Å²) in [5.74, 6) is 0.701. The molecule has 0 amide bonds. The van der Waals surface area contributed by atoms with Crippen LogP contribution in [-0.4, -0.2) is 30.1 Å². The van der Waals surface area contributed by atoms with Gasteiger partial charge in [-0.25, -0.2) is 0 Å². The first-order valence-electron chi connectivity index (χ1n) is 7.24. The highest BCUT2D eigenvalue weighted by atomic mass is 16.5. The van der Waals surface area contributed by atoms with Crippen molar-refractivity contribution >= 4 is 5.69 Å². The summed E-state index contributed by atoms with van der Waals surface area (Å²) in [5.41, 5.74) is 8.59. The van der Waals surface area contributed by atoms with Gasteiger partial charge in [0.15, 0.2) is 0 Å². The number of hydrogen-bond acceptors (Lipinski definition) is 4. The number of ether oxygens (including phenoxy) is 2. The largest absolute Gasteiger partial charge is 0.494 e. The minimum absolute atomic E-state index is 0.250. The molecule has 1 aliphatic carbocycles. The highest BCUT2D eigenvalue weighted by Gasteiger charge is 2.29. The topological polar surface area (TPSA) is 62.3 Å². The summed E-state index contributed by atoms with van der Waals surface area (Å²) in [6.07, 6.45) is 7.55. The van der Waals surface area contributed by atoms with Crippen molar-refractivity contribution in [1.82, 2.24) is 9.78 Å². The van der Waals surface area contributed by atoms with E-state index in [-0.39, 0.29) is 6.10 Å². The van der Waals surface area contributed by atoms with Gasteiger partial charge >= 0.3 is 0 Å². The van der Waals surface area contributed by atoms with E-state index in [1.54, 1.807) is 14.2 Å². The zero-order valence-electron chi connectivity index (χ0n) is 12.5. The van der Waals surface area contributed by atoms with Crippen LogP contribution in [0.3, 0.4) is 0 Å². The van der Waals surface area contributed by atoms with Crippen molar-refractivity contribution in [3.63, 3.8) is 0 Å². The molecule has 112 valence electrons. The van der Waals surface area contributed by atoms with Gasteiger partial charge in [0.2, 0.25) is 0 Å². The van der Waals surface area contributed by atoms with Crippen LogP contribution in [0.5, 0.6) is 5.75 Å². The van der Waals surface area contributed by atoms with Crippen molar-refractivity contribution in [3.05, 3.63) is 30.6 Å². The summed E-state index contributed by atoms with van der Waals surface area (Å²) in [7, 11) is 3.41. The van der Waals surface area contributed by atoms with Gasteiger partial charge in [-0.05, 0) is 25.3 Å². The fourth-order valence-electron chi connectivity index (χ4n) is 3.15. The molecule has 0 radical (unpaired) electrons. The van der Waals surface area contributed by atoms with Crippen LogP contribution in [0.4, 0.5) is 5.69 Å². The molecule has 0 aliphatic heterocycles. The first-order chi connectivity index (χ1) is 10.2. The predicted octanol–water partition coefficient (Wildman–Crippen LogP) is 2.88. The van der Waals surface area contributed by atoms with Crippen LogP contribution in [-0.2, 0) is 4.74 Å². The first kappa shape index (κ1) is 13.9. The fourth-order valence-corrected chi connectivity index (χ4v) is 3.15. The molecule has 5 heteroatoms. The molecular weight excluding hydrogens is 266 g/mol. The van der Waals surface area contributed by atoms with Crippen LogP contribution in [0.15, 0.2) is 30.6 Å². The average molecular weight is 287 g/mol. The number of nitrogens with zero attached hydrogens (tertiary/aromatic N) is 2. The zero-order chi connectivity index (χ0) is 14.8. The van der Waals surface area contributed by atoms with Crippen LogP contribution in [0.1, 0.15) is 25.3 Å². The summed E-state index contributed by atoms with van der Waals surface area (Å²) in [5, 5.41) is 4.52. The third kappa shape index (κ3) is 2.49. The molecule has 2 atom stereocenters. The molecule has 1 aromatic carbocycles. The lowest BCUT2D eigenvalue weighted by atomic mass is 10.1. The maximum absolute atomic E-state index is 5.97. The van der Waals surface area contributed by atoms with Gasteiger partial charge in [0.25, 0.3) is 0 Å². The van der Waals surface area contributed by atoms with E-state index < -0.39 is 0 Å². The number of aromatic nitrogens is 2. The Bertz CT molecular complexity index is 624. The Balaban J connectivity index is 1.94. The van der Waals surface area contributed by atoms with Gasteiger partial charge in [-0.3, -0.25) is 4.68 Å². The minimum atomic E-state index is 0.250. The minimum Gasteiger partial charge on any atom is -0.494 e. The van der Waals surface area contributed by atoms with E-state index in [1.165, 1.54) is 6.42 Å². The van der Waals surface area contributed by atoms with Crippen molar-refractivity contribution in [2.45, 2.75) is 31.4 Å². The van der Waals surface area contributed by atoms with Gasteiger partial charge in [-0.2, -0.15) is 5.10 Å². The molecule has 0 unspecified atom stereocenters. The van der Waals surface area contributed by atoms with Crippen molar-refractivity contribution in [3.8, 4) is 16.9 Å². The fraction of sp³-hybridized carbons (Fsp3) is 0.438. The maximum Gasteiger partial charge on any atom is 0.149 e. The Morgan fingerprint density at radius 3 is 2.90 bits per heavy atom. The molecule has 5 nitrogen and oxygen atoms in total. The van der Waals surface area contributed by atoms with Crippen LogP contribution >= 0.6 is 0 Å². The third-order valence-corrected chi connectivity index (χ3v) is 4.22. The summed E-state index contributed by atoms with van der Waals surface area (Å²) < 4.78 is 13.0. The molecule has 21 heavy (non-hydrogen) atoms. The van der Waals surface area contributed by atoms with Crippen LogP contribution in [0.25, 0.3) is 11.1 Å². The number of methoxy groups -OCH3 is 2. The Morgan fingerprint density at radius 2 is 2.14 bits per heavy atom. The molecule has 1 aliphatic rings. The molecule has 0 spiro atoms. The molecule has 0 bridgehead atoms. The number of benzene rings is 1. The van der Waals surface area contributed by atoms with Crippen LogP contribution in [0.2, 0.25) is 0 Å². The second-order valence-corrected chi connectivity index (χ2v) is 5.41. The first-order valence-corrected chi connectivity index (χ1v) is 7.24. The van der Waals surface area contributed by atoms with E-state index in [2.05, 4.69) is 11.3 Å². The number of rotatable bonds is 4. The monoisotopic (exact) mass is 287 g/mol. The molecule has 3 rings (SSSR count). The molecule has 2 N–H and O–H groups in total. The number of anilines is 1. The molecule has 0 saturated heterocycles. The van der Waals surface area contributed by atoms with Gasteiger partial charge < -0.3 is 15.2 Å². The summed E-state index contributed by atoms with van der Waals surface area (Å²) >= 11 is 0. The Morgan fingerprint density at radius 1 is 1.29 bits per heavy atom. The third-order valence-electron chi connectivity index (χ3n) is 4.22. The summed E-state index contributed by atoms with van der Waals surface area (Å²) in [6, 6.07) is 6.08. The zero-order valence-corrected chi connectivity index (χ0v) is 12.5. The van der Waals surface area contributed by atoms with Gasteiger partial charge in [0.1, 0.15) is 5.75 Å². The lowest BCUT2D eigenvalue weighted by Gasteiger charge is -2.18. The van der Waals surface area contributed by atoms with Gasteiger partial charge in [0.05, 0.1) is 31.1 Å². The van der Waals surface area contributed by atoms with Crippen molar-refractivity contribution in [2.75, 3.05) is 20.0 Å². The van der Waals surface area contributed by atoms with E-state index in [4.69, 9.17) is 15.2 Å². The molecular formula is C16H21N3O2. The second kappa shape index (κ2) is 5.77. The van der Waals surface area contributed by atoms with Gasteiger partial charge in [0, 0.05) is 24.4 Å². The smallest absolute Gasteiger partial charge is 0.149 e. The van der Waals surface area contributed by atoms with E-state index in [9.17, 15) is 0 Å². The highest BCUT2D eigenvalue weighted by molar-refractivity contribution is 5.76. The molecule has 1 aromatic heterocycles. The predicted molar refractivity (Wildman–Crippen MR) is 82.3 cm³/mol. The quantitative estimate of drug-likeness (QED) is 0.878. The number of nitrogen functional groups attached to an aromatic ring is 1. The summed E-state index contributed by atoms with van der Waals surface area (Å²) in [4.78, 5) is 0. The van der Waals surface area contributed by atoms with Crippen LogP contribution in [0, 0.1) is 0 Å². The standard InChI is InChI=1S/C16H21N3O2/c1-20-15-8-4-7-14(15)19-10-11(9-18-19)12-5-3-6-13(17)16(12)21-2/h3,5-6,9-10,14-15H,4,7-8,17H2,1-2H3/t14-,15-/m0/s1. The number of para-hydroxylation sites is 1. The number of hydrogen-bond donors (Lipinski definition) is 1. The number of nitrogens with two attached hydrogens (primary N) is 1. The van der Waals surface area contributed by atoms with Crippen LogP contribution < -0.4 is 10.5 Å². The molecule has 1 saturated carbocycles. The summed E-state index contributed by atoms with van der Waals surface area (Å²) in [6.45, 7) is 0. The van der Waals surface area contributed by atoms with Gasteiger partial charge in [-0.1, -0.05) is 12.1 Å². The Labute approximate surface area is 124 Å². The molecule has 1 fully saturated rings. The average Bonchev–Trinajstić information content (AvgIpc) is 3.15. The van der Waals surface area contributed by atoms with E-state index in [0.717, 1.165) is 24.0 Å². The maximum atomic E-state index is 5.97. The van der Waals surface area contributed by atoms with E-state index >= 15 is 0 Å². The van der Waals surface area contributed by atoms with Crippen molar-refractivity contribution in [1.29, 1.82) is 0 Å². The lowest BCUT2D eigenvalue weighted by Crippen LogP contribution is -2.20. The van der Waals surface area contributed by atoms with Gasteiger partial charge in [-0.15, -0.1) is 0 Å². The highest BCUT2D eigenvalue weighted by Crippen LogP contribution is 2.36.